The third-order valence-corrected chi connectivity index (χ3v) is 5.05. The van der Waals surface area contributed by atoms with E-state index in [1.54, 1.807) is 0 Å². The molecule has 0 radical (unpaired) electrons. The third-order valence-electron chi connectivity index (χ3n) is 5.05. The van der Waals surface area contributed by atoms with Gasteiger partial charge in [0.15, 0.2) is 0 Å². The molecule has 1 aliphatic heterocycles. The van der Waals surface area contributed by atoms with E-state index in [-0.39, 0.29) is 0 Å². The molecule has 2 nitrogen and oxygen atoms in total. The number of aryl methyl sites for hydroxylation is 2. The molecular formula is C17H25NO. The smallest absolute Gasteiger partial charge is 0.0740 e. The summed E-state index contributed by atoms with van der Waals surface area (Å²) >= 11 is 0. The van der Waals surface area contributed by atoms with Crippen molar-refractivity contribution in [1.29, 1.82) is 0 Å². The summed E-state index contributed by atoms with van der Waals surface area (Å²) in [4.78, 5) is 0. The molecule has 2 atom stereocenters. The van der Waals surface area contributed by atoms with Crippen LogP contribution in [0.1, 0.15) is 42.9 Å². The largest absolute Gasteiger partial charge is 0.389 e. The molecule has 0 bridgehead atoms. The van der Waals surface area contributed by atoms with Crippen molar-refractivity contribution in [1.82, 2.24) is 5.32 Å². The number of piperidine rings is 1. The van der Waals surface area contributed by atoms with Crippen molar-refractivity contribution in [3.63, 3.8) is 0 Å². The summed E-state index contributed by atoms with van der Waals surface area (Å²) in [5, 5.41) is 14.4. The SMILES string of the molecule is CCC1CNCCC1(O)Cc1ccc2c(c1)CCC2. The topological polar surface area (TPSA) is 32.3 Å². The van der Waals surface area contributed by atoms with Crippen LogP contribution in [0.15, 0.2) is 18.2 Å². The lowest BCUT2D eigenvalue weighted by atomic mass is 9.76. The molecule has 0 spiro atoms. The van der Waals surface area contributed by atoms with Crippen LogP contribution in [0.5, 0.6) is 0 Å². The van der Waals surface area contributed by atoms with Crippen molar-refractivity contribution in [2.45, 2.75) is 51.0 Å². The Bertz CT molecular complexity index is 457. The van der Waals surface area contributed by atoms with Gasteiger partial charge in [-0.15, -0.1) is 0 Å². The van der Waals surface area contributed by atoms with E-state index in [2.05, 4.69) is 30.4 Å². The summed E-state index contributed by atoms with van der Waals surface area (Å²) in [6.45, 7) is 4.08. The minimum absolute atomic E-state index is 0.384. The van der Waals surface area contributed by atoms with E-state index in [9.17, 15) is 5.11 Å². The second kappa shape index (κ2) is 5.26. The summed E-state index contributed by atoms with van der Waals surface area (Å²) in [5.41, 5.74) is 3.85. The van der Waals surface area contributed by atoms with Gasteiger partial charge in [0.25, 0.3) is 0 Å². The Morgan fingerprint density at radius 3 is 3.00 bits per heavy atom. The van der Waals surface area contributed by atoms with Crippen LogP contribution in [0.25, 0.3) is 0 Å². The number of fused-ring (bicyclic) bond motifs is 1. The number of rotatable bonds is 3. The molecule has 1 aromatic rings. The number of nitrogens with one attached hydrogen (secondary N) is 1. The van der Waals surface area contributed by atoms with E-state index >= 15 is 0 Å². The van der Waals surface area contributed by atoms with E-state index in [1.807, 2.05) is 0 Å². The lowest BCUT2D eigenvalue weighted by molar-refractivity contribution is -0.0414. The Labute approximate surface area is 116 Å². The molecule has 2 unspecified atom stereocenters. The van der Waals surface area contributed by atoms with Crippen molar-refractivity contribution >= 4 is 0 Å². The predicted octanol–water partition coefficient (Wildman–Crippen LogP) is 2.47. The van der Waals surface area contributed by atoms with Crippen LogP contribution in [-0.4, -0.2) is 23.8 Å². The van der Waals surface area contributed by atoms with Crippen LogP contribution in [0, 0.1) is 5.92 Å². The van der Waals surface area contributed by atoms with Crippen molar-refractivity contribution < 1.29 is 5.11 Å². The fraction of sp³-hybridized carbons (Fsp3) is 0.647. The van der Waals surface area contributed by atoms with Gasteiger partial charge in [0, 0.05) is 18.9 Å². The summed E-state index contributed by atoms with van der Waals surface area (Å²) in [6.07, 6.45) is 6.50. The molecule has 1 aromatic carbocycles. The first-order valence-electron chi connectivity index (χ1n) is 7.75. The summed E-state index contributed by atoms with van der Waals surface area (Å²) in [6, 6.07) is 6.86. The van der Waals surface area contributed by atoms with Gasteiger partial charge in [0.2, 0.25) is 0 Å². The van der Waals surface area contributed by atoms with Crippen molar-refractivity contribution in [3.8, 4) is 0 Å². The Hall–Kier alpha value is -0.860. The molecule has 3 rings (SSSR count). The van der Waals surface area contributed by atoms with Crippen LogP contribution in [0.2, 0.25) is 0 Å². The summed E-state index contributed by atoms with van der Waals surface area (Å²) in [5.74, 6) is 0.384. The van der Waals surface area contributed by atoms with Gasteiger partial charge in [-0.25, -0.2) is 0 Å². The minimum atomic E-state index is -0.507. The Balaban J connectivity index is 1.79. The van der Waals surface area contributed by atoms with E-state index in [0.29, 0.717) is 5.92 Å². The molecule has 0 amide bonds. The first-order chi connectivity index (χ1) is 9.21. The first kappa shape index (κ1) is 13.1. The second-order valence-corrected chi connectivity index (χ2v) is 6.30. The number of hydrogen-bond acceptors (Lipinski definition) is 2. The molecule has 1 heterocycles. The van der Waals surface area contributed by atoms with Gasteiger partial charge in [-0.1, -0.05) is 25.1 Å². The monoisotopic (exact) mass is 259 g/mol. The zero-order valence-corrected chi connectivity index (χ0v) is 11.9. The number of benzene rings is 1. The van der Waals surface area contributed by atoms with Gasteiger partial charge in [-0.05, 0) is 55.3 Å². The molecule has 19 heavy (non-hydrogen) atoms. The Morgan fingerprint density at radius 1 is 1.32 bits per heavy atom. The van der Waals surface area contributed by atoms with Crippen LogP contribution in [0.3, 0.4) is 0 Å². The van der Waals surface area contributed by atoms with Gasteiger partial charge < -0.3 is 10.4 Å². The Kier molecular flexibility index (Phi) is 3.64. The molecule has 104 valence electrons. The fourth-order valence-corrected chi connectivity index (χ4v) is 3.82. The molecule has 0 aromatic heterocycles. The predicted molar refractivity (Wildman–Crippen MR) is 78.4 cm³/mol. The standard InChI is InChI=1S/C17H25NO/c1-2-16-12-18-9-8-17(16,19)11-13-6-7-14-4-3-5-15(14)10-13/h6-7,10,16,18-19H,2-5,8-9,11-12H2,1H3. The first-order valence-corrected chi connectivity index (χ1v) is 7.75. The van der Waals surface area contributed by atoms with Crippen LogP contribution in [-0.2, 0) is 19.3 Å². The van der Waals surface area contributed by atoms with Crippen LogP contribution in [0.4, 0.5) is 0 Å². The van der Waals surface area contributed by atoms with Crippen molar-refractivity contribution in [2.75, 3.05) is 13.1 Å². The highest BCUT2D eigenvalue weighted by Crippen LogP contribution is 2.32. The normalized spacial score (nSPS) is 30.3. The van der Waals surface area contributed by atoms with Crippen LogP contribution < -0.4 is 5.32 Å². The third kappa shape index (κ3) is 2.56. The summed E-state index contributed by atoms with van der Waals surface area (Å²) < 4.78 is 0. The lowest BCUT2D eigenvalue weighted by Crippen LogP contribution is -2.51. The molecule has 0 saturated carbocycles. The maximum Gasteiger partial charge on any atom is 0.0740 e. The van der Waals surface area contributed by atoms with E-state index in [4.69, 9.17) is 0 Å². The quantitative estimate of drug-likeness (QED) is 0.874. The van der Waals surface area contributed by atoms with Crippen molar-refractivity contribution in [2.24, 2.45) is 5.92 Å². The lowest BCUT2D eigenvalue weighted by Gasteiger charge is -2.40. The van der Waals surface area contributed by atoms with Gasteiger partial charge in [-0.3, -0.25) is 0 Å². The zero-order valence-electron chi connectivity index (χ0n) is 11.9. The van der Waals surface area contributed by atoms with Crippen LogP contribution >= 0.6 is 0 Å². The number of hydrogen-bond donors (Lipinski definition) is 2. The fourth-order valence-electron chi connectivity index (χ4n) is 3.82. The second-order valence-electron chi connectivity index (χ2n) is 6.30. The average molecular weight is 259 g/mol. The van der Waals surface area contributed by atoms with E-state index in [1.165, 1.54) is 36.0 Å². The van der Waals surface area contributed by atoms with E-state index in [0.717, 1.165) is 32.4 Å². The average Bonchev–Trinajstić information content (AvgIpc) is 2.86. The maximum atomic E-state index is 11.0. The molecule has 1 fully saturated rings. The number of aliphatic hydroxyl groups is 1. The van der Waals surface area contributed by atoms with Gasteiger partial charge in [-0.2, -0.15) is 0 Å². The highest BCUT2D eigenvalue weighted by molar-refractivity contribution is 5.36. The Morgan fingerprint density at radius 2 is 2.16 bits per heavy atom. The van der Waals surface area contributed by atoms with Gasteiger partial charge >= 0.3 is 0 Å². The molecule has 1 saturated heterocycles. The summed E-state index contributed by atoms with van der Waals surface area (Å²) in [7, 11) is 0. The molecule has 2 heteroatoms. The zero-order chi connectivity index (χ0) is 13.3. The molecule has 2 aliphatic rings. The molecule has 2 N–H and O–H groups in total. The molecular weight excluding hydrogens is 234 g/mol. The van der Waals surface area contributed by atoms with Gasteiger partial charge in [0.1, 0.15) is 0 Å². The maximum absolute atomic E-state index is 11.0. The minimum Gasteiger partial charge on any atom is -0.389 e. The van der Waals surface area contributed by atoms with E-state index < -0.39 is 5.60 Å². The molecule has 1 aliphatic carbocycles. The van der Waals surface area contributed by atoms with Crippen molar-refractivity contribution in [3.05, 3.63) is 34.9 Å². The van der Waals surface area contributed by atoms with Gasteiger partial charge in [0.05, 0.1) is 5.60 Å². The highest BCUT2D eigenvalue weighted by atomic mass is 16.3. The highest BCUT2D eigenvalue weighted by Gasteiger charge is 2.37.